The number of carbonyl (C=O) groups excluding carboxylic acids is 2. The number of carboxylic acid groups (broad SMARTS) is 1. The number of likely N-dealkylation sites (tertiary alicyclic amines) is 1. The number of imidazole rings is 1. The summed E-state index contributed by atoms with van der Waals surface area (Å²) in [6.07, 6.45) is 9.25. The molecule has 1 spiro atoms. The van der Waals surface area contributed by atoms with E-state index in [1.54, 1.807) is 12.3 Å². The number of aromatic nitrogens is 2. The van der Waals surface area contributed by atoms with Crippen LogP contribution >= 0.6 is 0 Å². The van der Waals surface area contributed by atoms with E-state index in [2.05, 4.69) is 10.3 Å². The van der Waals surface area contributed by atoms with Crippen LogP contribution in [0.3, 0.4) is 0 Å². The molecule has 2 aromatic heterocycles. The molecule has 3 aliphatic heterocycles. The van der Waals surface area contributed by atoms with Crippen molar-refractivity contribution in [1.29, 1.82) is 0 Å². The molecule has 172 valence electrons. The van der Waals surface area contributed by atoms with Crippen LogP contribution in [0.1, 0.15) is 35.4 Å². The molecule has 2 aromatic rings. The fourth-order valence-corrected chi connectivity index (χ4v) is 5.37. The van der Waals surface area contributed by atoms with Gasteiger partial charge in [0, 0.05) is 50.3 Å². The van der Waals surface area contributed by atoms with Crippen molar-refractivity contribution in [1.82, 2.24) is 19.8 Å². The van der Waals surface area contributed by atoms with Crippen LogP contribution in [0.2, 0.25) is 0 Å². The van der Waals surface area contributed by atoms with E-state index in [9.17, 15) is 9.59 Å². The highest BCUT2D eigenvalue weighted by Crippen LogP contribution is 2.54. The van der Waals surface area contributed by atoms with E-state index < -0.39 is 0 Å². The van der Waals surface area contributed by atoms with Crippen LogP contribution in [0, 0.1) is 18.8 Å². The first-order chi connectivity index (χ1) is 15.5. The van der Waals surface area contributed by atoms with Crippen LogP contribution in [0.5, 0.6) is 0 Å². The SMILES string of the molecule is Cc1nccn1CCC(=O)N1C[C@@H]2[C@H](CNC(=O)c3ccoc3)[C@H]3CC[C@]2(C1)O3.O=CO. The maximum Gasteiger partial charge on any atom is 0.290 e. The summed E-state index contributed by atoms with van der Waals surface area (Å²) in [6, 6.07) is 1.66. The average molecular weight is 444 g/mol. The lowest BCUT2D eigenvalue weighted by Crippen LogP contribution is -2.41. The maximum atomic E-state index is 12.8. The molecule has 3 saturated heterocycles. The lowest BCUT2D eigenvalue weighted by Gasteiger charge is -2.29. The summed E-state index contributed by atoms with van der Waals surface area (Å²) in [5.74, 6) is 1.48. The lowest BCUT2D eigenvalue weighted by molar-refractivity contribution is -0.132. The third-order valence-electron chi connectivity index (χ3n) is 6.91. The number of carbonyl (C=O) groups is 3. The first-order valence-electron chi connectivity index (χ1n) is 10.8. The average Bonchev–Trinajstić information content (AvgIpc) is 3.58. The summed E-state index contributed by atoms with van der Waals surface area (Å²) in [6.45, 7) is 4.29. The van der Waals surface area contributed by atoms with E-state index in [0.717, 1.165) is 18.7 Å². The Morgan fingerprint density at radius 2 is 2.25 bits per heavy atom. The summed E-state index contributed by atoms with van der Waals surface area (Å²) in [7, 11) is 0. The summed E-state index contributed by atoms with van der Waals surface area (Å²) < 4.78 is 13.4. The smallest absolute Gasteiger partial charge is 0.290 e. The van der Waals surface area contributed by atoms with Crippen LogP contribution in [0.15, 0.2) is 35.4 Å². The normalized spacial score (nSPS) is 27.5. The van der Waals surface area contributed by atoms with Crippen molar-refractivity contribution in [2.45, 2.75) is 44.4 Å². The molecular weight excluding hydrogens is 416 g/mol. The van der Waals surface area contributed by atoms with Gasteiger partial charge in [-0.15, -0.1) is 0 Å². The third kappa shape index (κ3) is 4.14. The summed E-state index contributed by atoms with van der Waals surface area (Å²) >= 11 is 0. The molecule has 32 heavy (non-hydrogen) atoms. The molecular formula is C22H28N4O6. The highest BCUT2D eigenvalue weighted by atomic mass is 16.5. The van der Waals surface area contributed by atoms with Gasteiger partial charge in [-0.05, 0) is 25.8 Å². The minimum atomic E-state index is -0.250. The molecule has 0 unspecified atom stereocenters. The fourth-order valence-electron chi connectivity index (χ4n) is 5.37. The Labute approximate surface area is 185 Å². The zero-order valence-corrected chi connectivity index (χ0v) is 18.0. The van der Waals surface area contributed by atoms with Crippen LogP contribution in [0.25, 0.3) is 0 Å². The monoisotopic (exact) mass is 444 g/mol. The van der Waals surface area contributed by atoms with Crippen molar-refractivity contribution in [2.75, 3.05) is 19.6 Å². The Morgan fingerprint density at radius 3 is 2.94 bits per heavy atom. The summed E-state index contributed by atoms with van der Waals surface area (Å²) in [5.41, 5.74) is 0.304. The highest BCUT2D eigenvalue weighted by Gasteiger charge is 2.63. The van der Waals surface area contributed by atoms with Crippen molar-refractivity contribution < 1.29 is 28.6 Å². The third-order valence-corrected chi connectivity index (χ3v) is 6.91. The van der Waals surface area contributed by atoms with E-state index in [1.165, 1.54) is 12.5 Å². The number of rotatable bonds is 6. The van der Waals surface area contributed by atoms with Gasteiger partial charge in [-0.3, -0.25) is 14.4 Å². The molecule has 5 rings (SSSR count). The molecule has 2 N–H and O–H groups in total. The summed E-state index contributed by atoms with van der Waals surface area (Å²) in [4.78, 5) is 39.6. The zero-order chi connectivity index (χ0) is 22.7. The molecule has 4 atom stereocenters. The predicted molar refractivity (Wildman–Crippen MR) is 112 cm³/mol. The number of hydrogen-bond donors (Lipinski definition) is 2. The molecule has 0 aliphatic carbocycles. The van der Waals surface area contributed by atoms with Crippen LogP contribution in [-0.4, -0.2) is 69.2 Å². The molecule has 2 bridgehead atoms. The fraction of sp³-hybridized carbons (Fsp3) is 0.545. The minimum absolute atomic E-state index is 0.128. The van der Waals surface area contributed by atoms with Crippen molar-refractivity contribution >= 4 is 18.3 Å². The zero-order valence-electron chi connectivity index (χ0n) is 18.0. The molecule has 0 radical (unpaired) electrons. The first-order valence-corrected chi connectivity index (χ1v) is 10.8. The van der Waals surface area contributed by atoms with E-state index >= 15 is 0 Å². The predicted octanol–water partition coefficient (Wildman–Crippen LogP) is 1.31. The number of nitrogens with zero attached hydrogens (tertiary/aromatic N) is 3. The molecule has 0 aromatic carbocycles. The number of ether oxygens (including phenoxy) is 1. The Balaban J connectivity index is 0.000000775. The number of amides is 2. The minimum Gasteiger partial charge on any atom is -0.483 e. The van der Waals surface area contributed by atoms with E-state index in [0.29, 0.717) is 38.2 Å². The molecule has 3 aliphatic rings. The number of hydrogen-bond acceptors (Lipinski definition) is 6. The van der Waals surface area contributed by atoms with Crippen molar-refractivity contribution in [2.24, 2.45) is 11.8 Å². The first kappa shape index (κ1) is 22.1. The number of fused-ring (bicyclic) bond motifs is 1. The quantitative estimate of drug-likeness (QED) is 0.643. The van der Waals surface area contributed by atoms with Crippen LogP contribution in [-0.2, 0) is 20.9 Å². The van der Waals surface area contributed by atoms with Gasteiger partial charge < -0.3 is 29.0 Å². The lowest BCUT2D eigenvalue weighted by atomic mass is 9.73. The largest absolute Gasteiger partial charge is 0.483 e. The van der Waals surface area contributed by atoms with Crippen LogP contribution in [0.4, 0.5) is 0 Å². The van der Waals surface area contributed by atoms with Crippen LogP contribution < -0.4 is 5.32 Å². The van der Waals surface area contributed by atoms with Gasteiger partial charge in [0.15, 0.2) is 0 Å². The van der Waals surface area contributed by atoms with Gasteiger partial charge >= 0.3 is 0 Å². The Morgan fingerprint density at radius 1 is 1.44 bits per heavy atom. The van der Waals surface area contributed by atoms with E-state index in [1.807, 2.05) is 22.6 Å². The van der Waals surface area contributed by atoms with Gasteiger partial charge in [0.25, 0.3) is 12.4 Å². The molecule has 10 heteroatoms. The van der Waals surface area contributed by atoms with Gasteiger partial charge in [-0.2, -0.15) is 0 Å². The van der Waals surface area contributed by atoms with Gasteiger partial charge in [-0.1, -0.05) is 0 Å². The molecule has 0 saturated carbocycles. The van der Waals surface area contributed by atoms with Crippen molar-refractivity contribution in [3.8, 4) is 0 Å². The molecule has 3 fully saturated rings. The number of aryl methyl sites for hydroxylation is 2. The Hall–Kier alpha value is -3.14. The van der Waals surface area contributed by atoms with Crippen molar-refractivity contribution in [3.05, 3.63) is 42.4 Å². The van der Waals surface area contributed by atoms with Gasteiger partial charge in [0.1, 0.15) is 12.1 Å². The van der Waals surface area contributed by atoms with Crippen molar-refractivity contribution in [3.63, 3.8) is 0 Å². The second kappa shape index (κ2) is 9.15. The maximum absolute atomic E-state index is 12.8. The van der Waals surface area contributed by atoms with Gasteiger partial charge in [0.2, 0.25) is 5.91 Å². The second-order valence-corrected chi connectivity index (χ2v) is 8.55. The summed E-state index contributed by atoms with van der Waals surface area (Å²) in [5, 5.41) is 9.91. The number of nitrogens with one attached hydrogen (secondary N) is 1. The van der Waals surface area contributed by atoms with E-state index in [4.69, 9.17) is 19.1 Å². The van der Waals surface area contributed by atoms with Gasteiger partial charge in [-0.25, -0.2) is 4.98 Å². The Bertz CT molecular complexity index is 958. The molecule has 5 heterocycles. The van der Waals surface area contributed by atoms with Gasteiger partial charge in [0.05, 0.1) is 30.1 Å². The molecule has 10 nitrogen and oxygen atoms in total. The van der Waals surface area contributed by atoms with E-state index in [-0.39, 0.29) is 41.8 Å². The second-order valence-electron chi connectivity index (χ2n) is 8.55. The number of furan rings is 1. The molecule has 2 amide bonds. The topological polar surface area (TPSA) is 127 Å². The Kier molecular flexibility index (Phi) is 6.31. The highest BCUT2D eigenvalue weighted by molar-refractivity contribution is 5.93. The standard InChI is InChI=1S/C21H26N4O4.CH2O2/c1-14-22-6-8-24(14)7-3-19(26)25-11-17-16(18-2-5-21(17,13-25)29-18)10-23-20(27)15-4-9-28-12-15;2-1-3/h4,6,8-9,12,16-18H,2-3,5,7,10-11,13H2,1H3,(H,23,27);1H,(H,2,3)/t16-,17+,18+,21+;/m0./s1.